The number of hydrogen-bond donors (Lipinski definition) is 3. The molecule has 0 fully saturated rings. The SMILES string of the molecule is CCCCCCCCCCCCCCCCC(=O)OCCCCCCCCCCCCCCCCCCCC/C=C\CCCCCCCCCCCCCCCCCCCC(=O)NC(CO)C(O)CCCCCCCCCCC. The van der Waals surface area contributed by atoms with Crippen molar-refractivity contribution < 1.29 is 24.5 Å². The molecule has 0 aliphatic carbocycles. The molecule has 0 saturated heterocycles. The number of aliphatic hydroxyl groups excluding tert-OH is 2. The molecule has 0 aliphatic rings. The van der Waals surface area contributed by atoms with Gasteiger partial charge in [0.25, 0.3) is 0 Å². The van der Waals surface area contributed by atoms with E-state index in [0.717, 1.165) is 38.5 Å². The molecule has 0 spiro atoms. The van der Waals surface area contributed by atoms with Crippen molar-refractivity contribution in [3.63, 3.8) is 0 Å². The number of carbonyl (C=O) groups excluding carboxylic acids is 2. The number of allylic oxidation sites excluding steroid dienone is 2. The summed E-state index contributed by atoms with van der Waals surface area (Å²) in [6.07, 6.45) is 85.9. The molecule has 0 bridgehead atoms. The van der Waals surface area contributed by atoms with Gasteiger partial charge in [0.05, 0.1) is 25.4 Å². The summed E-state index contributed by atoms with van der Waals surface area (Å²) in [6, 6.07) is -0.535. The second-order valence-electron chi connectivity index (χ2n) is 25.3. The van der Waals surface area contributed by atoms with E-state index in [1.807, 2.05) is 0 Å². The van der Waals surface area contributed by atoms with Gasteiger partial charge >= 0.3 is 5.97 Å². The standard InChI is InChI=1S/C73H143NO5/c1-3-5-7-9-11-13-14-15-44-47-51-55-59-63-67-73(78)79-68-64-60-56-52-48-45-42-40-38-36-34-32-30-28-26-24-22-20-18-16-17-19-21-23-25-27-29-31-33-35-37-39-41-43-46-50-54-58-62-66-72(77)74-70(69-75)71(76)65-61-57-53-49-12-10-8-6-4-2/h16-17,70-71,75-76H,3-15,18-69H2,1-2H3,(H,74,77)/b17-16-. The van der Waals surface area contributed by atoms with Crippen molar-refractivity contribution in [2.45, 2.75) is 431 Å². The summed E-state index contributed by atoms with van der Waals surface area (Å²) in [5.41, 5.74) is 0. The van der Waals surface area contributed by atoms with Crippen molar-refractivity contribution >= 4 is 11.9 Å². The van der Waals surface area contributed by atoms with E-state index in [4.69, 9.17) is 4.74 Å². The van der Waals surface area contributed by atoms with Gasteiger partial charge in [-0.25, -0.2) is 0 Å². The van der Waals surface area contributed by atoms with Crippen LogP contribution in [0.4, 0.5) is 0 Å². The van der Waals surface area contributed by atoms with E-state index in [2.05, 4.69) is 31.3 Å². The van der Waals surface area contributed by atoms with E-state index in [1.165, 1.54) is 347 Å². The molecule has 6 heteroatoms. The zero-order valence-electron chi connectivity index (χ0n) is 53.9. The maximum absolute atomic E-state index is 12.4. The Balaban J connectivity index is 3.28. The lowest BCUT2D eigenvalue weighted by atomic mass is 10.0. The van der Waals surface area contributed by atoms with Crippen molar-refractivity contribution in [2.75, 3.05) is 13.2 Å². The maximum Gasteiger partial charge on any atom is 0.305 e. The van der Waals surface area contributed by atoms with Crippen LogP contribution in [-0.2, 0) is 14.3 Å². The van der Waals surface area contributed by atoms with E-state index in [-0.39, 0.29) is 18.5 Å². The number of ether oxygens (including phenoxy) is 1. The van der Waals surface area contributed by atoms with Crippen molar-refractivity contribution in [1.29, 1.82) is 0 Å². The number of esters is 1. The van der Waals surface area contributed by atoms with Crippen LogP contribution in [0.15, 0.2) is 12.2 Å². The Kier molecular flexibility index (Phi) is 67.9. The Morgan fingerprint density at radius 2 is 0.595 bits per heavy atom. The lowest BCUT2D eigenvalue weighted by molar-refractivity contribution is -0.143. The minimum absolute atomic E-state index is 0.0255. The molecule has 0 heterocycles. The number of rotatable bonds is 69. The highest BCUT2D eigenvalue weighted by molar-refractivity contribution is 5.76. The van der Waals surface area contributed by atoms with Crippen LogP contribution in [0.3, 0.4) is 0 Å². The first kappa shape index (κ1) is 77.6. The van der Waals surface area contributed by atoms with Gasteiger partial charge < -0.3 is 20.3 Å². The Hall–Kier alpha value is -1.40. The zero-order valence-corrected chi connectivity index (χ0v) is 53.9. The third kappa shape index (κ3) is 65.6. The molecular weight excluding hydrogens is 971 g/mol. The topological polar surface area (TPSA) is 95.9 Å². The number of carbonyl (C=O) groups is 2. The molecule has 0 radical (unpaired) electrons. The molecular formula is C73H143NO5. The molecule has 470 valence electrons. The van der Waals surface area contributed by atoms with Crippen LogP contribution in [0.25, 0.3) is 0 Å². The Bertz CT molecular complexity index is 1190. The normalized spacial score (nSPS) is 12.5. The van der Waals surface area contributed by atoms with Crippen molar-refractivity contribution in [3.8, 4) is 0 Å². The summed E-state index contributed by atoms with van der Waals surface area (Å²) in [4.78, 5) is 24.5. The minimum atomic E-state index is -0.658. The molecule has 79 heavy (non-hydrogen) atoms. The first-order valence-electron chi connectivity index (χ1n) is 36.4. The highest BCUT2D eigenvalue weighted by Gasteiger charge is 2.20. The average Bonchev–Trinajstić information content (AvgIpc) is 3.45. The van der Waals surface area contributed by atoms with E-state index in [1.54, 1.807) is 0 Å². The number of amides is 1. The van der Waals surface area contributed by atoms with Crippen LogP contribution in [0.5, 0.6) is 0 Å². The van der Waals surface area contributed by atoms with Gasteiger partial charge in [-0.2, -0.15) is 0 Å². The van der Waals surface area contributed by atoms with Gasteiger partial charge in [0.2, 0.25) is 5.91 Å². The first-order valence-corrected chi connectivity index (χ1v) is 36.4. The molecule has 0 aromatic heterocycles. The highest BCUT2D eigenvalue weighted by atomic mass is 16.5. The van der Waals surface area contributed by atoms with Crippen molar-refractivity contribution in [3.05, 3.63) is 12.2 Å². The lowest BCUT2D eigenvalue weighted by Crippen LogP contribution is -2.45. The molecule has 0 aromatic carbocycles. The Morgan fingerprint density at radius 1 is 0.342 bits per heavy atom. The predicted octanol–water partition coefficient (Wildman–Crippen LogP) is 23.5. The predicted molar refractivity (Wildman–Crippen MR) is 347 cm³/mol. The second kappa shape index (κ2) is 69.1. The molecule has 1 amide bonds. The van der Waals surface area contributed by atoms with Crippen LogP contribution in [-0.4, -0.2) is 47.4 Å². The highest BCUT2D eigenvalue weighted by Crippen LogP contribution is 2.19. The quantitative estimate of drug-likeness (QED) is 0.0320. The summed E-state index contributed by atoms with van der Waals surface area (Å²) in [6.45, 7) is 4.97. The lowest BCUT2D eigenvalue weighted by Gasteiger charge is -2.22. The van der Waals surface area contributed by atoms with Crippen LogP contribution in [0.1, 0.15) is 418 Å². The third-order valence-electron chi connectivity index (χ3n) is 17.3. The number of hydrogen-bond acceptors (Lipinski definition) is 5. The molecule has 0 aromatic rings. The van der Waals surface area contributed by atoms with E-state index >= 15 is 0 Å². The molecule has 0 saturated carbocycles. The maximum atomic E-state index is 12.4. The zero-order chi connectivity index (χ0) is 57.1. The molecule has 6 nitrogen and oxygen atoms in total. The van der Waals surface area contributed by atoms with Crippen LogP contribution in [0.2, 0.25) is 0 Å². The summed E-state index contributed by atoms with van der Waals surface area (Å²) in [7, 11) is 0. The molecule has 2 atom stereocenters. The summed E-state index contributed by atoms with van der Waals surface area (Å²) >= 11 is 0. The summed E-state index contributed by atoms with van der Waals surface area (Å²) < 4.78 is 5.50. The van der Waals surface area contributed by atoms with Crippen LogP contribution in [0, 0.1) is 0 Å². The van der Waals surface area contributed by atoms with Crippen molar-refractivity contribution in [2.24, 2.45) is 0 Å². The largest absolute Gasteiger partial charge is 0.466 e. The Labute approximate surface area is 495 Å². The smallest absolute Gasteiger partial charge is 0.305 e. The van der Waals surface area contributed by atoms with E-state index in [9.17, 15) is 19.8 Å². The molecule has 3 N–H and O–H groups in total. The average molecular weight is 1110 g/mol. The summed E-state index contributed by atoms with van der Waals surface area (Å²) in [5.74, 6) is -0.00533. The summed E-state index contributed by atoms with van der Waals surface area (Å²) in [5, 5.41) is 23.1. The van der Waals surface area contributed by atoms with Gasteiger partial charge in [0.15, 0.2) is 0 Å². The van der Waals surface area contributed by atoms with Gasteiger partial charge in [-0.3, -0.25) is 9.59 Å². The van der Waals surface area contributed by atoms with Gasteiger partial charge in [-0.1, -0.05) is 366 Å². The van der Waals surface area contributed by atoms with Crippen LogP contribution < -0.4 is 5.32 Å². The minimum Gasteiger partial charge on any atom is -0.466 e. The third-order valence-corrected chi connectivity index (χ3v) is 17.3. The Morgan fingerprint density at radius 3 is 0.899 bits per heavy atom. The molecule has 0 rings (SSSR count). The molecule has 0 aliphatic heterocycles. The monoisotopic (exact) mass is 1110 g/mol. The van der Waals surface area contributed by atoms with Gasteiger partial charge in [0.1, 0.15) is 0 Å². The van der Waals surface area contributed by atoms with Crippen molar-refractivity contribution in [1.82, 2.24) is 5.32 Å². The van der Waals surface area contributed by atoms with Gasteiger partial charge in [0, 0.05) is 12.8 Å². The number of unbranched alkanes of at least 4 members (excludes halogenated alkanes) is 56. The number of nitrogens with one attached hydrogen (secondary N) is 1. The fourth-order valence-corrected chi connectivity index (χ4v) is 11.8. The van der Waals surface area contributed by atoms with E-state index < -0.39 is 12.1 Å². The van der Waals surface area contributed by atoms with E-state index in [0.29, 0.717) is 25.9 Å². The van der Waals surface area contributed by atoms with Gasteiger partial charge in [-0.15, -0.1) is 0 Å². The van der Waals surface area contributed by atoms with Gasteiger partial charge in [-0.05, 0) is 51.4 Å². The van der Waals surface area contributed by atoms with Crippen LogP contribution >= 0.6 is 0 Å². The fourth-order valence-electron chi connectivity index (χ4n) is 11.8. The molecule has 2 unspecified atom stereocenters. The fraction of sp³-hybridized carbons (Fsp3) is 0.945. The number of aliphatic hydroxyl groups is 2. The first-order chi connectivity index (χ1) is 39.0. The second-order valence-corrected chi connectivity index (χ2v) is 25.3.